The third-order valence-corrected chi connectivity index (χ3v) is 3.59. The number of nitrogens with zero attached hydrogens (tertiary/aromatic N) is 1. The number of nitrogens with two attached hydrogens (primary N) is 1. The number of ether oxygens (including phenoxy) is 2. The second kappa shape index (κ2) is 6.61. The van der Waals surface area contributed by atoms with Crippen LogP contribution in [0.4, 0.5) is 11.4 Å². The van der Waals surface area contributed by atoms with E-state index >= 15 is 0 Å². The zero-order valence-electron chi connectivity index (χ0n) is 12.1. The molecular weight excluding hydrogens is 256 g/mol. The molecule has 1 fully saturated rings. The van der Waals surface area contributed by atoms with Crippen LogP contribution in [0.25, 0.3) is 0 Å². The molecule has 1 aliphatic rings. The van der Waals surface area contributed by atoms with Crippen molar-refractivity contribution in [3.05, 3.63) is 23.8 Å². The van der Waals surface area contributed by atoms with Crippen LogP contribution < -0.4 is 10.6 Å². The van der Waals surface area contributed by atoms with Gasteiger partial charge in [0.05, 0.1) is 29.6 Å². The van der Waals surface area contributed by atoms with E-state index in [-0.39, 0.29) is 12.1 Å². The summed E-state index contributed by atoms with van der Waals surface area (Å²) in [6, 6.07) is 5.28. The lowest BCUT2D eigenvalue weighted by Gasteiger charge is -2.34. The summed E-state index contributed by atoms with van der Waals surface area (Å²) in [5, 5.41) is 0. The molecule has 1 heterocycles. The molecule has 0 aliphatic carbocycles. The summed E-state index contributed by atoms with van der Waals surface area (Å²) in [5.74, 6) is -0.311. The highest BCUT2D eigenvalue weighted by Crippen LogP contribution is 2.28. The third kappa shape index (κ3) is 3.22. The molecule has 1 atom stereocenters. The fraction of sp³-hybridized carbons (Fsp3) is 0.533. The Bertz CT molecular complexity index is 476. The Morgan fingerprint density at radius 2 is 2.30 bits per heavy atom. The normalized spacial score (nSPS) is 18.9. The van der Waals surface area contributed by atoms with Crippen molar-refractivity contribution in [2.45, 2.75) is 25.9 Å². The molecule has 5 nitrogen and oxygen atoms in total. The first-order valence-corrected chi connectivity index (χ1v) is 7.00. The fourth-order valence-electron chi connectivity index (χ4n) is 2.51. The van der Waals surface area contributed by atoms with Gasteiger partial charge in [-0.2, -0.15) is 0 Å². The molecule has 110 valence electrons. The highest BCUT2D eigenvalue weighted by molar-refractivity contribution is 5.92. The molecule has 0 saturated carbocycles. The number of piperidine rings is 1. The van der Waals surface area contributed by atoms with Crippen LogP contribution in [-0.2, 0) is 9.47 Å². The minimum atomic E-state index is -0.311. The standard InChI is InChI=1S/C15H22N2O3/c1-3-20-15(18)11-6-7-13(16)14(9-11)17-8-4-5-12(10-17)19-2/h6-7,9,12H,3-5,8,10,16H2,1-2H3. The Labute approximate surface area is 119 Å². The summed E-state index contributed by atoms with van der Waals surface area (Å²) in [6.07, 6.45) is 2.33. The van der Waals surface area contributed by atoms with Crippen molar-refractivity contribution < 1.29 is 14.3 Å². The first kappa shape index (κ1) is 14.7. The van der Waals surface area contributed by atoms with Crippen LogP contribution in [0.1, 0.15) is 30.1 Å². The van der Waals surface area contributed by atoms with Gasteiger partial charge in [0.25, 0.3) is 0 Å². The lowest BCUT2D eigenvalue weighted by atomic mass is 10.1. The molecule has 0 amide bonds. The third-order valence-electron chi connectivity index (χ3n) is 3.59. The van der Waals surface area contributed by atoms with Gasteiger partial charge in [0.2, 0.25) is 0 Å². The second-order valence-electron chi connectivity index (χ2n) is 4.94. The maximum Gasteiger partial charge on any atom is 0.338 e. The van der Waals surface area contributed by atoms with Crippen molar-refractivity contribution in [1.29, 1.82) is 0 Å². The van der Waals surface area contributed by atoms with Crippen LogP contribution in [0.3, 0.4) is 0 Å². The van der Waals surface area contributed by atoms with Crippen LogP contribution in [0, 0.1) is 0 Å². The van der Waals surface area contributed by atoms with E-state index in [1.807, 2.05) is 6.07 Å². The smallest absolute Gasteiger partial charge is 0.338 e. The molecule has 5 heteroatoms. The summed E-state index contributed by atoms with van der Waals surface area (Å²) in [6.45, 7) is 3.89. The fourth-order valence-corrected chi connectivity index (χ4v) is 2.51. The number of hydrogen-bond donors (Lipinski definition) is 1. The lowest BCUT2D eigenvalue weighted by Crippen LogP contribution is -2.39. The number of hydrogen-bond acceptors (Lipinski definition) is 5. The first-order chi connectivity index (χ1) is 9.65. The molecule has 1 saturated heterocycles. The van der Waals surface area contributed by atoms with E-state index in [2.05, 4.69) is 4.90 Å². The number of carbonyl (C=O) groups is 1. The van der Waals surface area contributed by atoms with Crippen LogP contribution in [0.5, 0.6) is 0 Å². The van der Waals surface area contributed by atoms with Gasteiger partial charge in [0.1, 0.15) is 0 Å². The number of nitrogen functional groups attached to an aromatic ring is 1. The predicted octanol–water partition coefficient (Wildman–Crippen LogP) is 2.06. The summed E-state index contributed by atoms with van der Waals surface area (Å²) in [7, 11) is 1.73. The molecule has 1 aromatic rings. The Morgan fingerprint density at radius 1 is 1.50 bits per heavy atom. The van der Waals surface area contributed by atoms with Crippen LogP contribution in [0.2, 0.25) is 0 Å². The molecule has 2 rings (SSSR count). The Morgan fingerprint density at radius 3 is 3.00 bits per heavy atom. The van der Waals surface area contributed by atoms with E-state index in [1.54, 1.807) is 26.2 Å². The number of esters is 1. The van der Waals surface area contributed by atoms with Gasteiger partial charge in [0.15, 0.2) is 0 Å². The number of anilines is 2. The van der Waals surface area contributed by atoms with Gasteiger partial charge >= 0.3 is 5.97 Å². The number of carbonyl (C=O) groups excluding carboxylic acids is 1. The molecule has 20 heavy (non-hydrogen) atoms. The molecule has 2 N–H and O–H groups in total. The zero-order chi connectivity index (χ0) is 14.5. The summed E-state index contributed by atoms with van der Waals surface area (Å²) in [4.78, 5) is 14.0. The maximum atomic E-state index is 11.8. The summed E-state index contributed by atoms with van der Waals surface area (Å²) >= 11 is 0. The Balaban J connectivity index is 2.21. The van der Waals surface area contributed by atoms with E-state index < -0.39 is 0 Å². The van der Waals surface area contributed by atoms with E-state index in [0.29, 0.717) is 17.9 Å². The van der Waals surface area contributed by atoms with Gasteiger partial charge < -0.3 is 20.1 Å². The van der Waals surface area contributed by atoms with Crippen LogP contribution in [-0.4, -0.2) is 38.9 Å². The van der Waals surface area contributed by atoms with Crippen molar-refractivity contribution in [3.8, 4) is 0 Å². The van der Waals surface area contributed by atoms with Crippen LogP contribution in [0.15, 0.2) is 18.2 Å². The highest BCUT2D eigenvalue weighted by atomic mass is 16.5. The molecule has 0 radical (unpaired) electrons. The zero-order valence-corrected chi connectivity index (χ0v) is 12.1. The van der Waals surface area contributed by atoms with E-state index in [0.717, 1.165) is 31.6 Å². The van der Waals surface area contributed by atoms with Gasteiger partial charge in [-0.15, -0.1) is 0 Å². The maximum absolute atomic E-state index is 11.8. The van der Waals surface area contributed by atoms with Gasteiger partial charge in [-0.3, -0.25) is 0 Å². The molecule has 0 bridgehead atoms. The summed E-state index contributed by atoms with van der Waals surface area (Å²) < 4.78 is 10.5. The van der Waals surface area contributed by atoms with Crippen molar-refractivity contribution in [2.75, 3.05) is 37.4 Å². The van der Waals surface area contributed by atoms with Crippen molar-refractivity contribution in [3.63, 3.8) is 0 Å². The average Bonchev–Trinajstić information content (AvgIpc) is 2.48. The molecule has 0 aromatic heterocycles. The minimum Gasteiger partial charge on any atom is -0.462 e. The highest BCUT2D eigenvalue weighted by Gasteiger charge is 2.22. The predicted molar refractivity (Wildman–Crippen MR) is 79.1 cm³/mol. The Hall–Kier alpha value is -1.75. The van der Waals surface area contributed by atoms with Crippen LogP contribution >= 0.6 is 0 Å². The minimum absolute atomic E-state index is 0.217. The monoisotopic (exact) mass is 278 g/mol. The molecular formula is C15H22N2O3. The molecule has 1 unspecified atom stereocenters. The largest absolute Gasteiger partial charge is 0.462 e. The number of benzene rings is 1. The SMILES string of the molecule is CCOC(=O)c1ccc(N)c(N2CCCC(OC)C2)c1. The number of rotatable bonds is 4. The van der Waals surface area contributed by atoms with E-state index in [4.69, 9.17) is 15.2 Å². The lowest BCUT2D eigenvalue weighted by molar-refractivity contribution is 0.0526. The molecule has 1 aromatic carbocycles. The van der Waals surface area contributed by atoms with Crippen molar-refractivity contribution >= 4 is 17.3 Å². The topological polar surface area (TPSA) is 64.8 Å². The van der Waals surface area contributed by atoms with Gasteiger partial charge in [0, 0.05) is 20.2 Å². The van der Waals surface area contributed by atoms with Gasteiger partial charge in [-0.1, -0.05) is 0 Å². The summed E-state index contributed by atoms with van der Waals surface area (Å²) in [5.41, 5.74) is 8.15. The first-order valence-electron chi connectivity index (χ1n) is 7.00. The molecule has 0 spiro atoms. The number of methoxy groups -OCH3 is 1. The molecule has 1 aliphatic heterocycles. The average molecular weight is 278 g/mol. The quantitative estimate of drug-likeness (QED) is 0.674. The van der Waals surface area contributed by atoms with E-state index in [1.165, 1.54) is 0 Å². The van der Waals surface area contributed by atoms with Gasteiger partial charge in [-0.25, -0.2) is 4.79 Å². The van der Waals surface area contributed by atoms with Gasteiger partial charge in [-0.05, 0) is 38.0 Å². The Kier molecular flexibility index (Phi) is 4.84. The van der Waals surface area contributed by atoms with Crippen molar-refractivity contribution in [1.82, 2.24) is 0 Å². The van der Waals surface area contributed by atoms with Crippen molar-refractivity contribution in [2.24, 2.45) is 0 Å². The second-order valence-corrected chi connectivity index (χ2v) is 4.94. The van der Waals surface area contributed by atoms with E-state index in [9.17, 15) is 4.79 Å².